The lowest BCUT2D eigenvalue weighted by Crippen LogP contribution is -2.38. The van der Waals surface area contributed by atoms with Crippen LogP contribution in [-0.2, 0) is 9.59 Å². The summed E-state index contributed by atoms with van der Waals surface area (Å²) < 4.78 is 0. The lowest BCUT2D eigenvalue weighted by atomic mass is 9.99. The number of carbonyl (C=O) groups excluding carboxylic acids is 1. The molecule has 5 N–H and O–H groups in total. The fraction of sp³-hybridized carbons (Fsp3) is 0.667. The molecular weight excluding hydrogens is 148 g/mol. The third-order valence-corrected chi connectivity index (χ3v) is 1.42. The Labute approximate surface area is 64.4 Å². The van der Waals surface area contributed by atoms with Crippen LogP contribution in [0.25, 0.3) is 0 Å². The van der Waals surface area contributed by atoms with Crippen molar-refractivity contribution >= 4 is 11.9 Å². The molecule has 0 saturated heterocycles. The van der Waals surface area contributed by atoms with Gasteiger partial charge in [0.25, 0.3) is 0 Å². The third kappa shape index (κ3) is 3.57. The zero-order chi connectivity index (χ0) is 9.02. The van der Waals surface area contributed by atoms with Gasteiger partial charge in [-0.05, 0) is 5.92 Å². The summed E-state index contributed by atoms with van der Waals surface area (Å²) in [6, 6.07) is -1.01. The van der Waals surface area contributed by atoms with Crippen molar-refractivity contribution < 1.29 is 14.7 Å². The van der Waals surface area contributed by atoms with Gasteiger partial charge in [-0.3, -0.25) is 9.59 Å². The molecule has 5 nitrogen and oxygen atoms in total. The van der Waals surface area contributed by atoms with Gasteiger partial charge < -0.3 is 16.6 Å². The molecular formula is C6H12N2O3. The molecule has 0 saturated carbocycles. The average Bonchev–Trinajstić information content (AvgIpc) is 1.84. The highest BCUT2D eigenvalue weighted by Gasteiger charge is 2.20. The van der Waals surface area contributed by atoms with E-state index in [4.69, 9.17) is 16.6 Å². The summed E-state index contributed by atoms with van der Waals surface area (Å²) in [5.74, 6) is -2.06. The van der Waals surface area contributed by atoms with Gasteiger partial charge in [-0.25, -0.2) is 0 Å². The molecule has 0 aromatic carbocycles. The minimum atomic E-state index is -1.11. The second-order valence-electron chi connectivity index (χ2n) is 2.51. The molecule has 0 aromatic rings. The van der Waals surface area contributed by atoms with Crippen LogP contribution in [0.3, 0.4) is 0 Å². The number of rotatable bonds is 4. The number of hydrogen-bond acceptors (Lipinski definition) is 3. The Morgan fingerprint density at radius 3 is 2.27 bits per heavy atom. The highest BCUT2D eigenvalue weighted by molar-refractivity contribution is 5.77. The van der Waals surface area contributed by atoms with E-state index in [2.05, 4.69) is 0 Å². The Kier molecular flexibility index (Phi) is 3.53. The fourth-order valence-electron chi connectivity index (χ4n) is 0.688. The number of nitrogens with two attached hydrogens (primary N) is 2. The van der Waals surface area contributed by atoms with Crippen molar-refractivity contribution in [3.8, 4) is 0 Å². The van der Waals surface area contributed by atoms with E-state index < -0.39 is 23.8 Å². The predicted molar refractivity (Wildman–Crippen MR) is 38.6 cm³/mol. The highest BCUT2D eigenvalue weighted by atomic mass is 16.4. The number of carboxylic acid groups (broad SMARTS) is 1. The lowest BCUT2D eigenvalue weighted by molar-refractivity contribution is -0.139. The molecule has 0 aliphatic heterocycles. The van der Waals surface area contributed by atoms with E-state index >= 15 is 0 Å². The van der Waals surface area contributed by atoms with Crippen molar-refractivity contribution in [1.82, 2.24) is 0 Å². The second-order valence-corrected chi connectivity index (χ2v) is 2.51. The normalized spacial score (nSPS) is 15.5. The van der Waals surface area contributed by atoms with Gasteiger partial charge in [0.15, 0.2) is 0 Å². The number of amides is 1. The average molecular weight is 160 g/mol. The first-order chi connectivity index (χ1) is 4.95. The Balaban J connectivity index is 3.92. The third-order valence-electron chi connectivity index (χ3n) is 1.42. The van der Waals surface area contributed by atoms with Gasteiger partial charge in [-0.2, -0.15) is 0 Å². The van der Waals surface area contributed by atoms with E-state index in [9.17, 15) is 9.59 Å². The van der Waals surface area contributed by atoms with Crippen molar-refractivity contribution in [3.63, 3.8) is 0 Å². The minimum absolute atomic E-state index is 0.00741. The smallest absolute Gasteiger partial charge is 0.320 e. The van der Waals surface area contributed by atoms with Crippen LogP contribution in [0, 0.1) is 5.92 Å². The quantitative estimate of drug-likeness (QED) is 0.485. The monoisotopic (exact) mass is 160 g/mol. The first kappa shape index (κ1) is 9.90. The van der Waals surface area contributed by atoms with Crippen LogP contribution in [0.2, 0.25) is 0 Å². The summed E-state index contributed by atoms with van der Waals surface area (Å²) in [4.78, 5) is 20.6. The Bertz CT molecular complexity index is 169. The summed E-state index contributed by atoms with van der Waals surface area (Å²) in [5, 5.41) is 8.39. The molecule has 0 aliphatic rings. The molecule has 64 valence electrons. The van der Waals surface area contributed by atoms with Crippen LogP contribution in [-0.4, -0.2) is 23.0 Å². The summed E-state index contributed by atoms with van der Waals surface area (Å²) >= 11 is 0. The topological polar surface area (TPSA) is 106 Å². The van der Waals surface area contributed by atoms with Gasteiger partial charge in [0.1, 0.15) is 6.04 Å². The van der Waals surface area contributed by atoms with E-state index in [1.165, 1.54) is 0 Å². The van der Waals surface area contributed by atoms with Gasteiger partial charge in [0.05, 0.1) is 0 Å². The molecule has 0 spiro atoms. The van der Waals surface area contributed by atoms with Crippen molar-refractivity contribution in [1.29, 1.82) is 0 Å². The van der Waals surface area contributed by atoms with Gasteiger partial charge in [-0.1, -0.05) is 6.92 Å². The Hall–Kier alpha value is -1.10. The van der Waals surface area contributed by atoms with Crippen LogP contribution in [0.5, 0.6) is 0 Å². The number of carbonyl (C=O) groups is 2. The number of aliphatic carboxylic acids is 1. The van der Waals surface area contributed by atoms with E-state index in [1.807, 2.05) is 0 Å². The van der Waals surface area contributed by atoms with E-state index in [-0.39, 0.29) is 6.42 Å². The zero-order valence-corrected chi connectivity index (χ0v) is 6.28. The Morgan fingerprint density at radius 1 is 1.55 bits per heavy atom. The number of primary amides is 1. The summed E-state index contributed by atoms with van der Waals surface area (Å²) in [7, 11) is 0. The van der Waals surface area contributed by atoms with Gasteiger partial charge in [-0.15, -0.1) is 0 Å². The molecule has 0 aliphatic carbocycles. The summed E-state index contributed by atoms with van der Waals surface area (Å²) in [6.45, 7) is 1.57. The van der Waals surface area contributed by atoms with Gasteiger partial charge >= 0.3 is 5.97 Å². The molecule has 0 unspecified atom stereocenters. The molecule has 11 heavy (non-hydrogen) atoms. The van der Waals surface area contributed by atoms with Crippen LogP contribution in [0.4, 0.5) is 0 Å². The molecule has 1 amide bonds. The first-order valence-electron chi connectivity index (χ1n) is 3.22. The summed E-state index contributed by atoms with van der Waals surface area (Å²) in [5.41, 5.74) is 10.0. The maximum atomic E-state index is 10.3. The number of hydrogen-bond donors (Lipinski definition) is 3. The molecule has 0 rings (SSSR count). The van der Waals surface area contributed by atoms with Crippen molar-refractivity contribution in [2.45, 2.75) is 19.4 Å². The molecule has 0 bridgehead atoms. The van der Waals surface area contributed by atoms with Crippen molar-refractivity contribution in [3.05, 3.63) is 0 Å². The zero-order valence-electron chi connectivity index (χ0n) is 6.28. The van der Waals surface area contributed by atoms with Crippen LogP contribution >= 0.6 is 0 Å². The van der Waals surface area contributed by atoms with Gasteiger partial charge in [0.2, 0.25) is 5.91 Å². The van der Waals surface area contributed by atoms with Crippen LogP contribution < -0.4 is 11.5 Å². The lowest BCUT2D eigenvalue weighted by Gasteiger charge is -2.12. The van der Waals surface area contributed by atoms with E-state index in [0.29, 0.717) is 0 Å². The van der Waals surface area contributed by atoms with E-state index in [0.717, 1.165) is 0 Å². The maximum absolute atomic E-state index is 10.3. The molecule has 0 heterocycles. The van der Waals surface area contributed by atoms with Crippen LogP contribution in [0.1, 0.15) is 13.3 Å². The van der Waals surface area contributed by atoms with Gasteiger partial charge in [0, 0.05) is 6.42 Å². The summed E-state index contributed by atoms with van der Waals surface area (Å²) in [6.07, 6.45) is 0.00741. The standard InChI is InChI=1S/C6H12N2O3/c1-3(2-4(7)9)5(8)6(10)11/h3,5H,2,8H2,1H3,(H2,7,9)(H,10,11)/t3-,5-/m0/s1. The maximum Gasteiger partial charge on any atom is 0.320 e. The molecule has 5 heteroatoms. The van der Waals surface area contributed by atoms with Crippen LogP contribution in [0.15, 0.2) is 0 Å². The SMILES string of the molecule is C[C@@H](CC(N)=O)[C@H](N)C(=O)O. The highest BCUT2D eigenvalue weighted by Crippen LogP contribution is 2.04. The van der Waals surface area contributed by atoms with E-state index in [1.54, 1.807) is 6.92 Å². The largest absolute Gasteiger partial charge is 0.480 e. The minimum Gasteiger partial charge on any atom is -0.480 e. The fourth-order valence-corrected chi connectivity index (χ4v) is 0.688. The predicted octanol–water partition coefficient (Wildman–Crippen LogP) is -1.09. The van der Waals surface area contributed by atoms with Crippen molar-refractivity contribution in [2.75, 3.05) is 0 Å². The molecule has 2 atom stereocenters. The Morgan fingerprint density at radius 2 is 2.00 bits per heavy atom. The first-order valence-corrected chi connectivity index (χ1v) is 3.22. The number of carboxylic acids is 1. The molecule has 0 aromatic heterocycles. The molecule has 0 radical (unpaired) electrons. The van der Waals surface area contributed by atoms with Crippen molar-refractivity contribution in [2.24, 2.45) is 17.4 Å². The molecule has 0 fully saturated rings. The second kappa shape index (κ2) is 3.92.